The van der Waals surface area contributed by atoms with E-state index in [0.29, 0.717) is 22.2 Å². The Morgan fingerprint density at radius 1 is 1.27 bits per heavy atom. The first-order chi connectivity index (χ1) is 10.5. The minimum absolute atomic E-state index is 0.232. The lowest BCUT2D eigenvalue weighted by Gasteiger charge is -2.06. The van der Waals surface area contributed by atoms with E-state index in [1.807, 2.05) is 13.8 Å². The van der Waals surface area contributed by atoms with Gasteiger partial charge in [-0.15, -0.1) is 11.3 Å². The lowest BCUT2D eigenvalue weighted by Crippen LogP contribution is -2.16. The van der Waals surface area contributed by atoms with E-state index >= 15 is 0 Å². The Labute approximate surface area is 131 Å². The Bertz CT molecular complexity index is 811. The molecule has 0 radical (unpaired) electrons. The van der Waals surface area contributed by atoms with E-state index < -0.39 is 0 Å². The summed E-state index contributed by atoms with van der Waals surface area (Å²) >= 11 is 1.46. The average molecular weight is 316 g/mol. The van der Waals surface area contributed by atoms with Crippen LogP contribution in [-0.2, 0) is 7.05 Å². The Hall–Kier alpha value is -2.48. The van der Waals surface area contributed by atoms with Crippen molar-refractivity contribution >= 4 is 22.4 Å². The molecule has 7 nitrogen and oxygen atoms in total. The van der Waals surface area contributed by atoms with E-state index in [1.54, 1.807) is 41.8 Å². The van der Waals surface area contributed by atoms with Gasteiger partial charge in [-0.05, 0) is 26.8 Å². The molecule has 3 aromatic rings. The Balaban J connectivity index is 1.99. The third-order valence-electron chi connectivity index (χ3n) is 3.39. The van der Waals surface area contributed by atoms with Gasteiger partial charge in [-0.1, -0.05) is 0 Å². The molecule has 0 aliphatic carbocycles. The largest absolute Gasteiger partial charge is 0.298 e. The second-order valence-electron chi connectivity index (χ2n) is 4.97. The summed E-state index contributed by atoms with van der Waals surface area (Å²) < 4.78 is 3.28. The van der Waals surface area contributed by atoms with Crippen LogP contribution in [-0.4, -0.2) is 30.5 Å². The minimum Gasteiger partial charge on any atom is -0.298 e. The summed E-state index contributed by atoms with van der Waals surface area (Å²) in [5, 5.41) is 12.0. The van der Waals surface area contributed by atoms with E-state index in [2.05, 4.69) is 20.5 Å². The Morgan fingerprint density at radius 3 is 2.64 bits per heavy atom. The van der Waals surface area contributed by atoms with Crippen LogP contribution in [0.5, 0.6) is 0 Å². The summed E-state index contributed by atoms with van der Waals surface area (Å²) in [5.41, 5.74) is 2.07. The van der Waals surface area contributed by atoms with Crippen LogP contribution in [0.2, 0.25) is 0 Å². The van der Waals surface area contributed by atoms with Gasteiger partial charge >= 0.3 is 0 Å². The van der Waals surface area contributed by atoms with Crippen LogP contribution in [0.4, 0.5) is 5.13 Å². The number of hydrogen-bond donors (Lipinski definition) is 1. The first kappa shape index (κ1) is 14.5. The number of thiazole rings is 1. The van der Waals surface area contributed by atoms with Crippen molar-refractivity contribution in [1.29, 1.82) is 0 Å². The zero-order valence-electron chi connectivity index (χ0n) is 12.8. The van der Waals surface area contributed by atoms with Crippen molar-refractivity contribution in [2.24, 2.45) is 7.05 Å². The molecule has 0 atom stereocenters. The highest BCUT2D eigenvalue weighted by Crippen LogP contribution is 2.24. The molecule has 0 aliphatic rings. The first-order valence-electron chi connectivity index (χ1n) is 6.76. The molecule has 0 unspecified atom stereocenters. The van der Waals surface area contributed by atoms with Crippen molar-refractivity contribution in [3.05, 3.63) is 40.3 Å². The number of aryl methyl sites for hydroxylation is 4. The highest BCUT2D eigenvalue weighted by atomic mass is 32.1. The number of carbonyl (C=O) groups is 1. The predicted octanol–water partition coefficient (Wildman–Crippen LogP) is 2.24. The molecule has 1 N–H and O–H groups in total. The molecule has 22 heavy (non-hydrogen) atoms. The first-order valence-corrected chi connectivity index (χ1v) is 7.58. The van der Waals surface area contributed by atoms with Gasteiger partial charge in [0.15, 0.2) is 10.9 Å². The Morgan fingerprint density at radius 2 is 2.05 bits per heavy atom. The maximum atomic E-state index is 12.6. The quantitative estimate of drug-likeness (QED) is 0.804. The molecule has 0 saturated heterocycles. The van der Waals surface area contributed by atoms with Crippen LogP contribution >= 0.6 is 11.3 Å². The molecule has 114 valence electrons. The standard InChI is InChI=1S/C14H16N6OS/c1-8-10(3)22-14(16-8)17-12(21)11-9(2)18-19(4)13(11)20-7-5-6-15-20/h5-7H,1-4H3,(H,16,17,21). The Kier molecular flexibility index (Phi) is 3.53. The summed E-state index contributed by atoms with van der Waals surface area (Å²) in [6.07, 6.45) is 3.45. The summed E-state index contributed by atoms with van der Waals surface area (Å²) in [6, 6.07) is 1.80. The third kappa shape index (κ3) is 2.41. The van der Waals surface area contributed by atoms with Gasteiger partial charge in [-0.3, -0.25) is 10.1 Å². The van der Waals surface area contributed by atoms with Gasteiger partial charge < -0.3 is 0 Å². The number of hydrogen-bond acceptors (Lipinski definition) is 5. The molecule has 8 heteroatoms. The van der Waals surface area contributed by atoms with E-state index in [4.69, 9.17) is 0 Å². The number of rotatable bonds is 3. The van der Waals surface area contributed by atoms with Gasteiger partial charge in [0.05, 0.1) is 11.4 Å². The molecule has 0 spiro atoms. The van der Waals surface area contributed by atoms with Gasteiger partial charge in [0.25, 0.3) is 5.91 Å². The average Bonchev–Trinajstić information content (AvgIpc) is 3.11. The normalized spacial score (nSPS) is 10.9. The molecule has 0 fully saturated rings. The van der Waals surface area contributed by atoms with Gasteiger partial charge in [0.1, 0.15) is 5.56 Å². The lowest BCUT2D eigenvalue weighted by molar-refractivity contribution is 0.102. The second-order valence-corrected chi connectivity index (χ2v) is 6.18. The van der Waals surface area contributed by atoms with Crippen LogP contribution in [0.3, 0.4) is 0 Å². The molecule has 3 rings (SSSR count). The zero-order valence-corrected chi connectivity index (χ0v) is 13.6. The van der Waals surface area contributed by atoms with Crippen molar-refractivity contribution in [1.82, 2.24) is 24.5 Å². The van der Waals surface area contributed by atoms with Gasteiger partial charge in [-0.25, -0.2) is 14.3 Å². The fraction of sp³-hybridized carbons (Fsp3) is 0.286. The van der Waals surface area contributed by atoms with Crippen LogP contribution < -0.4 is 5.32 Å². The van der Waals surface area contributed by atoms with Gasteiger partial charge in [0.2, 0.25) is 0 Å². The molecular formula is C14H16N6OS. The van der Waals surface area contributed by atoms with Crippen LogP contribution in [0.25, 0.3) is 5.82 Å². The summed E-state index contributed by atoms with van der Waals surface area (Å²) in [6.45, 7) is 5.71. The lowest BCUT2D eigenvalue weighted by atomic mass is 10.2. The number of anilines is 1. The predicted molar refractivity (Wildman–Crippen MR) is 84.6 cm³/mol. The molecule has 0 bridgehead atoms. The highest BCUT2D eigenvalue weighted by molar-refractivity contribution is 7.15. The fourth-order valence-corrected chi connectivity index (χ4v) is 3.06. The number of amides is 1. The maximum absolute atomic E-state index is 12.6. The second kappa shape index (κ2) is 5.38. The van der Waals surface area contributed by atoms with E-state index in [-0.39, 0.29) is 5.91 Å². The van der Waals surface area contributed by atoms with Gasteiger partial charge in [0, 0.05) is 24.3 Å². The van der Waals surface area contributed by atoms with E-state index in [0.717, 1.165) is 10.6 Å². The molecule has 0 saturated carbocycles. The monoisotopic (exact) mass is 316 g/mol. The SMILES string of the molecule is Cc1nc(NC(=O)c2c(C)nn(C)c2-n2cccn2)sc1C. The van der Waals surface area contributed by atoms with Crippen molar-refractivity contribution in [2.45, 2.75) is 20.8 Å². The molecule has 0 aliphatic heterocycles. The number of carbonyl (C=O) groups excluding carboxylic acids is 1. The number of nitrogens with zero attached hydrogens (tertiary/aromatic N) is 5. The van der Waals surface area contributed by atoms with E-state index in [1.165, 1.54) is 11.3 Å². The fourth-order valence-electron chi connectivity index (χ4n) is 2.25. The molecule has 0 aromatic carbocycles. The zero-order chi connectivity index (χ0) is 15.9. The van der Waals surface area contributed by atoms with Gasteiger partial charge in [-0.2, -0.15) is 10.2 Å². The highest BCUT2D eigenvalue weighted by Gasteiger charge is 2.23. The molecule has 1 amide bonds. The number of aromatic nitrogens is 5. The van der Waals surface area contributed by atoms with Crippen molar-refractivity contribution in [2.75, 3.05) is 5.32 Å². The third-order valence-corrected chi connectivity index (χ3v) is 4.38. The summed E-state index contributed by atoms with van der Waals surface area (Å²) in [4.78, 5) is 18.1. The van der Waals surface area contributed by atoms with Crippen LogP contribution in [0, 0.1) is 20.8 Å². The molecule has 3 heterocycles. The van der Waals surface area contributed by atoms with Crippen molar-refractivity contribution in [3.63, 3.8) is 0 Å². The topological polar surface area (TPSA) is 77.6 Å². The van der Waals surface area contributed by atoms with E-state index in [9.17, 15) is 4.79 Å². The molecular weight excluding hydrogens is 300 g/mol. The van der Waals surface area contributed by atoms with Crippen molar-refractivity contribution in [3.8, 4) is 5.82 Å². The molecule has 3 aromatic heterocycles. The van der Waals surface area contributed by atoms with Crippen LogP contribution in [0.15, 0.2) is 18.5 Å². The van der Waals surface area contributed by atoms with Crippen molar-refractivity contribution < 1.29 is 4.79 Å². The smallest absolute Gasteiger partial charge is 0.263 e. The summed E-state index contributed by atoms with van der Waals surface area (Å²) in [7, 11) is 1.79. The maximum Gasteiger partial charge on any atom is 0.263 e. The summed E-state index contributed by atoms with van der Waals surface area (Å²) in [5.74, 6) is 0.398. The minimum atomic E-state index is -0.232. The number of nitrogens with one attached hydrogen (secondary N) is 1. The van der Waals surface area contributed by atoms with Crippen LogP contribution in [0.1, 0.15) is 26.6 Å².